The number of rotatable bonds is 5. The number of nitrogens with zero attached hydrogens (tertiary/aromatic N) is 1. The van der Waals surface area contributed by atoms with E-state index in [2.05, 4.69) is 41.5 Å². The average Bonchev–Trinajstić information content (AvgIpc) is 2.43. The first-order valence-electron chi connectivity index (χ1n) is 6.62. The van der Waals surface area contributed by atoms with Gasteiger partial charge in [0.15, 0.2) is 0 Å². The Morgan fingerprint density at radius 2 is 2.11 bits per heavy atom. The summed E-state index contributed by atoms with van der Waals surface area (Å²) in [5, 5.41) is 3.98. The predicted octanol–water partition coefficient (Wildman–Crippen LogP) is 4.00. The van der Waals surface area contributed by atoms with Gasteiger partial charge < -0.3 is 5.32 Å². The number of pyridine rings is 1. The predicted molar refractivity (Wildman–Crippen MR) is 80.6 cm³/mol. The van der Waals surface area contributed by atoms with E-state index in [1.165, 1.54) is 11.1 Å². The van der Waals surface area contributed by atoms with E-state index in [0.29, 0.717) is 5.02 Å². The summed E-state index contributed by atoms with van der Waals surface area (Å²) >= 11 is 5.89. The van der Waals surface area contributed by atoms with Crippen LogP contribution in [0.4, 0.5) is 0 Å². The van der Waals surface area contributed by atoms with Gasteiger partial charge in [-0.25, -0.2) is 0 Å². The molecule has 0 amide bonds. The fourth-order valence-electron chi connectivity index (χ4n) is 2.26. The lowest BCUT2D eigenvalue weighted by molar-refractivity contribution is 0.669. The molecule has 0 saturated heterocycles. The maximum atomic E-state index is 5.89. The van der Waals surface area contributed by atoms with E-state index in [9.17, 15) is 0 Å². The summed E-state index contributed by atoms with van der Waals surface area (Å²) < 4.78 is 0. The maximum absolute atomic E-state index is 5.89. The van der Waals surface area contributed by atoms with Crippen LogP contribution < -0.4 is 5.32 Å². The Hall–Kier alpha value is -1.38. The van der Waals surface area contributed by atoms with Crippen LogP contribution in [-0.4, -0.2) is 12.0 Å². The van der Waals surface area contributed by atoms with Crippen molar-refractivity contribution in [2.24, 2.45) is 0 Å². The molecule has 3 heteroatoms. The largest absolute Gasteiger partial charge is 0.308 e. The van der Waals surface area contributed by atoms with E-state index in [0.717, 1.165) is 18.5 Å². The lowest BCUT2D eigenvalue weighted by atomic mass is 9.99. The Kier molecular flexibility index (Phi) is 4.94. The number of halogens is 1. The monoisotopic (exact) mass is 274 g/mol. The number of aryl methyl sites for hydroxylation is 1. The summed E-state index contributed by atoms with van der Waals surface area (Å²) in [4.78, 5) is 4.41. The molecule has 1 N–H and O–H groups in total. The van der Waals surface area contributed by atoms with Crippen LogP contribution >= 0.6 is 11.6 Å². The highest BCUT2D eigenvalue weighted by Gasteiger charge is 2.13. The van der Waals surface area contributed by atoms with Crippen molar-refractivity contribution < 1.29 is 0 Å². The average molecular weight is 275 g/mol. The number of hydrogen-bond donors (Lipinski definition) is 1. The number of benzene rings is 1. The highest BCUT2D eigenvalue weighted by molar-refractivity contribution is 6.30. The van der Waals surface area contributed by atoms with E-state index >= 15 is 0 Å². The molecule has 0 saturated carbocycles. The van der Waals surface area contributed by atoms with Crippen molar-refractivity contribution in [1.29, 1.82) is 0 Å². The molecule has 2 aromatic rings. The van der Waals surface area contributed by atoms with Gasteiger partial charge >= 0.3 is 0 Å². The topological polar surface area (TPSA) is 24.9 Å². The zero-order valence-electron chi connectivity index (χ0n) is 11.4. The van der Waals surface area contributed by atoms with Crippen molar-refractivity contribution in [3.8, 4) is 0 Å². The molecule has 0 aliphatic heterocycles. The fraction of sp³-hybridized carbons (Fsp3) is 0.312. The Balaban J connectivity index is 2.30. The summed E-state index contributed by atoms with van der Waals surface area (Å²) in [7, 11) is 1.95. The van der Waals surface area contributed by atoms with Crippen LogP contribution in [0.1, 0.15) is 36.2 Å². The Morgan fingerprint density at radius 1 is 1.26 bits per heavy atom. The molecule has 0 fully saturated rings. The lowest BCUT2D eigenvalue weighted by Crippen LogP contribution is -2.18. The van der Waals surface area contributed by atoms with Crippen molar-refractivity contribution in [1.82, 2.24) is 10.3 Å². The van der Waals surface area contributed by atoms with Gasteiger partial charge in [-0.1, -0.05) is 49.2 Å². The quantitative estimate of drug-likeness (QED) is 0.892. The van der Waals surface area contributed by atoms with Gasteiger partial charge in [0.2, 0.25) is 0 Å². The van der Waals surface area contributed by atoms with Crippen molar-refractivity contribution >= 4 is 11.6 Å². The summed E-state index contributed by atoms with van der Waals surface area (Å²) in [6.07, 6.45) is 3.96. The molecule has 0 spiro atoms. The second-order valence-corrected chi connectivity index (χ2v) is 5.05. The fourth-order valence-corrected chi connectivity index (χ4v) is 2.37. The van der Waals surface area contributed by atoms with E-state index in [4.69, 9.17) is 11.6 Å². The van der Waals surface area contributed by atoms with Gasteiger partial charge in [-0.15, -0.1) is 0 Å². The van der Waals surface area contributed by atoms with Crippen LogP contribution in [0, 0.1) is 0 Å². The molecule has 2 nitrogen and oxygen atoms in total. The number of aromatic nitrogens is 1. The molecule has 19 heavy (non-hydrogen) atoms. The molecule has 0 radical (unpaired) electrons. The molecule has 0 bridgehead atoms. The Bertz CT molecular complexity index is 523. The minimum absolute atomic E-state index is 0.106. The number of hydrogen-bond acceptors (Lipinski definition) is 2. The molecule has 2 rings (SSSR count). The first kappa shape index (κ1) is 14.0. The van der Waals surface area contributed by atoms with Crippen molar-refractivity contribution in [2.75, 3.05) is 7.05 Å². The molecule has 1 atom stereocenters. The standard InChI is InChI=1S/C16H19ClN2/c1-3-5-12-6-4-7-13(10-12)16(18-2)15-9-8-14(17)11-19-15/h4,6-11,16,18H,3,5H2,1-2H3. The second-order valence-electron chi connectivity index (χ2n) is 4.62. The highest BCUT2D eigenvalue weighted by Crippen LogP contribution is 2.22. The van der Waals surface area contributed by atoms with Crippen LogP contribution in [0.15, 0.2) is 42.6 Å². The van der Waals surface area contributed by atoms with Gasteiger partial charge in [-0.05, 0) is 36.7 Å². The highest BCUT2D eigenvalue weighted by atomic mass is 35.5. The molecule has 1 unspecified atom stereocenters. The van der Waals surface area contributed by atoms with Gasteiger partial charge in [0.05, 0.1) is 16.8 Å². The third-order valence-corrected chi connectivity index (χ3v) is 3.38. The lowest BCUT2D eigenvalue weighted by Gasteiger charge is -2.17. The SMILES string of the molecule is CCCc1cccc(C(NC)c2ccc(Cl)cn2)c1. The first-order chi connectivity index (χ1) is 9.24. The van der Waals surface area contributed by atoms with Crippen LogP contribution in [0.2, 0.25) is 5.02 Å². The van der Waals surface area contributed by atoms with Crippen LogP contribution in [0.3, 0.4) is 0 Å². The van der Waals surface area contributed by atoms with Gasteiger partial charge in [-0.2, -0.15) is 0 Å². The molecule has 0 aliphatic rings. The normalized spacial score (nSPS) is 12.4. The minimum atomic E-state index is 0.106. The van der Waals surface area contributed by atoms with Crippen molar-refractivity contribution in [3.63, 3.8) is 0 Å². The van der Waals surface area contributed by atoms with Crippen molar-refractivity contribution in [3.05, 3.63) is 64.4 Å². The number of nitrogens with one attached hydrogen (secondary N) is 1. The zero-order chi connectivity index (χ0) is 13.7. The van der Waals surface area contributed by atoms with Crippen LogP contribution in [0.5, 0.6) is 0 Å². The van der Waals surface area contributed by atoms with Crippen LogP contribution in [0.25, 0.3) is 0 Å². The second kappa shape index (κ2) is 6.69. The van der Waals surface area contributed by atoms with Gasteiger partial charge in [0, 0.05) is 6.20 Å². The summed E-state index contributed by atoms with van der Waals surface area (Å²) in [6.45, 7) is 2.20. The first-order valence-corrected chi connectivity index (χ1v) is 7.00. The van der Waals surface area contributed by atoms with Crippen LogP contribution in [-0.2, 0) is 6.42 Å². The van der Waals surface area contributed by atoms with Gasteiger partial charge in [0.25, 0.3) is 0 Å². The smallest absolute Gasteiger partial charge is 0.0749 e. The summed E-state index contributed by atoms with van der Waals surface area (Å²) in [5.41, 5.74) is 3.60. The van der Waals surface area contributed by atoms with E-state index in [-0.39, 0.29) is 6.04 Å². The van der Waals surface area contributed by atoms with E-state index in [1.807, 2.05) is 19.2 Å². The molecule has 100 valence electrons. The molecule has 1 aromatic heterocycles. The third-order valence-electron chi connectivity index (χ3n) is 3.16. The molecular formula is C16H19ClN2. The van der Waals surface area contributed by atoms with Crippen molar-refractivity contribution in [2.45, 2.75) is 25.8 Å². The zero-order valence-corrected chi connectivity index (χ0v) is 12.1. The third kappa shape index (κ3) is 3.55. The summed E-state index contributed by atoms with van der Waals surface area (Å²) in [6, 6.07) is 12.6. The van der Waals surface area contributed by atoms with Gasteiger partial charge in [-0.3, -0.25) is 4.98 Å². The summed E-state index contributed by atoms with van der Waals surface area (Å²) in [5.74, 6) is 0. The van der Waals surface area contributed by atoms with E-state index < -0.39 is 0 Å². The maximum Gasteiger partial charge on any atom is 0.0749 e. The minimum Gasteiger partial charge on any atom is -0.308 e. The Morgan fingerprint density at radius 3 is 2.74 bits per heavy atom. The Labute approximate surface area is 119 Å². The van der Waals surface area contributed by atoms with Gasteiger partial charge in [0.1, 0.15) is 0 Å². The molecular weight excluding hydrogens is 256 g/mol. The molecule has 1 aromatic carbocycles. The molecule has 1 heterocycles. The molecule has 0 aliphatic carbocycles. The van der Waals surface area contributed by atoms with E-state index in [1.54, 1.807) is 6.20 Å².